The van der Waals surface area contributed by atoms with Crippen LogP contribution in [0.5, 0.6) is 5.75 Å². The molecule has 0 saturated heterocycles. The number of thioether (sulfide) groups is 1. The first-order valence-corrected chi connectivity index (χ1v) is 7.32. The second-order valence-electron chi connectivity index (χ2n) is 4.66. The molecule has 2 aromatic rings. The lowest BCUT2D eigenvalue weighted by molar-refractivity contribution is -0.113. The molecule has 0 unspecified atom stereocenters. The molecule has 0 aliphatic heterocycles. The summed E-state index contributed by atoms with van der Waals surface area (Å²) >= 11 is 1.52. The van der Waals surface area contributed by atoms with Gasteiger partial charge in [-0.15, -0.1) is 11.8 Å². The number of amides is 1. The first kappa shape index (κ1) is 14.5. The van der Waals surface area contributed by atoms with E-state index in [0.717, 1.165) is 4.90 Å². The molecule has 1 amide bonds. The lowest BCUT2D eigenvalue weighted by atomic mass is 10.2. The Hall–Kier alpha value is -1.94. The Morgan fingerprint density at radius 2 is 2.00 bits per heavy atom. The molecular weight excluding hydrogens is 270 g/mol. The lowest BCUT2D eigenvalue weighted by Gasteiger charge is -2.08. The minimum Gasteiger partial charge on any atom is -0.508 e. The van der Waals surface area contributed by atoms with Gasteiger partial charge in [-0.2, -0.15) is 0 Å². The van der Waals surface area contributed by atoms with Gasteiger partial charge in [0, 0.05) is 16.6 Å². The van der Waals surface area contributed by atoms with Crippen molar-refractivity contribution in [3.05, 3.63) is 53.6 Å². The minimum atomic E-state index is -0.0819. The maximum absolute atomic E-state index is 11.9. The van der Waals surface area contributed by atoms with Crippen molar-refractivity contribution in [1.82, 2.24) is 0 Å². The topological polar surface area (TPSA) is 49.3 Å². The van der Waals surface area contributed by atoms with Crippen LogP contribution in [-0.2, 0) is 4.79 Å². The van der Waals surface area contributed by atoms with E-state index < -0.39 is 0 Å². The van der Waals surface area contributed by atoms with Gasteiger partial charge in [0.05, 0.1) is 5.75 Å². The molecule has 0 aliphatic carbocycles. The van der Waals surface area contributed by atoms with E-state index in [1.807, 2.05) is 13.8 Å². The van der Waals surface area contributed by atoms with Crippen LogP contribution < -0.4 is 5.32 Å². The van der Waals surface area contributed by atoms with Crippen molar-refractivity contribution >= 4 is 23.4 Å². The number of aromatic hydroxyl groups is 1. The Balaban J connectivity index is 1.94. The molecule has 0 bridgehead atoms. The summed E-state index contributed by atoms with van der Waals surface area (Å²) in [5.41, 5.74) is 2.97. The molecule has 0 atom stereocenters. The summed E-state index contributed by atoms with van der Waals surface area (Å²) in [5.74, 6) is 0.409. The fourth-order valence-corrected chi connectivity index (χ4v) is 2.71. The molecule has 2 rings (SSSR count). The molecule has 20 heavy (non-hydrogen) atoms. The highest BCUT2D eigenvalue weighted by Crippen LogP contribution is 2.24. The van der Waals surface area contributed by atoms with Crippen molar-refractivity contribution in [3.63, 3.8) is 0 Å². The van der Waals surface area contributed by atoms with Crippen LogP contribution in [0.15, 0.2) is 47.4 Å². The lowest BCUT2D eigenvalue weighted by Crippen LogP contribution is -2.13. The van der Waals surface area contributed by atoms with Crippen LogP contribution in [0.3, 0.4) is 0 Å². The number of hydrogen-bond donors (Lipinski definition) is 2. The van der Waals surface area contributed by atoms with E-state index in [9.17, 15) is 9.90 Å². The molecular formula is C16H17NO2S. The van der Waals surface area contributed by atoms with Crippen LogP contribution in [0.2, 0.25) is 0 Å². The normalized spacial score (nSPS) is 10.3. The van der Waals surface area contributed by atoms with Gasteiger partial charge in [-0.1, -0.05) is 23.8 Å². The van der Waals surface area contributed by atoms with Crippen LogP contribution in [-0.4, -0.2) is 16.8 Å². The summed E-state index contributed by atoms with van der Waals surface area (Å²) in [5, 5.41) is 12.1. The zero-order valence-electron chi connectivity index (χ0n) is 11.5. The van der Waals surface area contributed by atoms with E-state index in [4.69, 9.17) is 0 Å². The Morgan fingerprint density at radius 3 is 2.75 bits per heavy atom. The fraction of sp³-hybridized carbons (Fsp3) is 0.188. The molecule has 2 N–H and O–H groups in total. The van der Waals surface area contributed by atoms with Crippen molar-refractivity contribution in [3.8, 4) is 5.75 Å². The maximum atomic E-state index is 11.9. The third kappa shape index (κ3) is 4.03. The predicted octanol–water partition coefficient (Wildman–Crippen LogP) is 3.74. The minimum absolute atomic E-state index is 0.0819. The van der Waals surface area contributed by atoms with E-state index in [1.165, 1.54) is 29.0 Å². The molecule has 104 valence electrons. The highest BCUT2D eigenvalue weighted by molar-refractivity contribution is 8.00. The monoisotopic (exact) mass is 287 g/mol. The zero-order valence-corrected chi connectivity index (χ0v) is 12.3. The SMILES string of the molecule is Cc1ccc(C)c(SCC(=O)Nc2cccc(O)c2)c1. The van der Waals surface area contributed by atoms with Crippen molar-refractivity contribution in [2.45, 2.75) is 18.7 Å². The smallest absolute Gasteiger partial charge is 0.234 e. The number of carbonyl (C=O) groups is 1. The second-order valence-corrected chi connectivity index (χ2v) is 5.67. The first-order chi connectivity index (χ1) is 9.54. The number of hydrogen-bond acceptors (Lipinski definition) is 3. The van der Waals surface area contributed by atoms with Crippen LogP contribution in [0.25, 0.3) is 0 Å². The summed E-state index contributed by atoms with van der Waals surface area (Å²) in [7, 11) is 0. The van der Waals surface area contributed by atoms with Gasteiger partial charge < -0.3 is 10.4 Å². The van der Waals surface area contributed by atoms with E-state index in [2.05, 4.69) is 23.5 Å². The highest BCUT2D eigenvalue weighted by atomic mass is 32.2. The van der Waals surface area contributed by atoms with Crippen molar-refractivity contribution in [2.75, 3.05) is 11.1 Å². The highest BCUT2D eigenvalue weighted by Gasteiger charge is 2.06. The van der Waals surface area contributed by atoms with E-state index in [-0.39, 0.29) is 11.7 Å². The van der Waals surface area contributed by atoms with Gasteiger partial charge in [-0.3, -0.25) is 4.79 Å². The fourth-order valence-electron chi connectivity index (χ4n) is 1.79. The summed E-state index contributed by atoms with van der Waals surface area (Å²) < 4.78 is 0. The first-order valence-electron chi connectivity index (χ1n) is 6.33. The third-order valence-corrected chi connectivity index (χ3v) is 3.99. The second kappa shape index (κ2) is 6.48. The van der Waals surface area contributed by atoms with Crippen LogP contribution in [0.1, 0.15) is 11.1 Å². The Morgan fingerprint density at radius 1 is 1.20 bits per heavy atom. The number of benzene rings is 2. The summed E-state index contributed by atoms with van der Waals surface area (Å²) in [4.78, 5) is 13.0. The van der Waals surface area contributed by atoms with Gasteiger partial charge in [-0.25, -0.2) is 0 Å². The molecule has 4 heteroatoms. The standard InChI is InChI=1S/C16H17NO2S/c1-11-6-7-12(2)15(8-11)20-10-16(19)17-13-4-3-5-14(18)9-13/h3-9,18H,10H2,1-2H3,(H,17,19). The number of nitrogens with one attached hydrogen (secondary N) is 1. The quantitative estimate of drug-likeness (QED) is 0.842. The van der Waals surface area contributed by atoms with Crippen LogP contribution >= 0.6 is 11.8 Å². The third-order valence-electron chi connectivity index (χ3n) is 2.83. The molecule has 0 radical (unpaired) electrons. The Kier molecular flexibility index (Phi) is 4.69. The van der Waals surface area contributed by atoms with E-state index in [1.54, 1.807) is 18.2 Å². The molecule has 0 heterocycles. The van der Waals surface area contributed by atoms with Gasteiger partial charge in [-0.05, 0) is 37.6 Å². The van der Waals surface area contributed by atoms with Crippen molar-refractivity contribution < 1.29 is 9.90 Å². The van der Waals surface area contributed by atoms with Gasteiger partial charge in [0.1, 0.15) is 5.75 Å². The number of rotatable bonds is 4. The number of anilines is 1. The zero-order chi connectivity index (χ0) is 14.5. The molecule has 0 spiro atoms. The van der Waals surface area contributed by atoms with Crippen LogP contribution in [0, 0.1) is 13.8 Å². The van der Waals surface area contributed by atoms with Gasteiger partial charge in [0.25, 0.3) is 0 Å². The largest absolute Gasteiger partial charge is 0.508 e. The van der Waals surface area contributed by atoms with Gasteiger partial charge >= 0.3 is 0 Å². The molecule has 0 saturated carbocycles. The number of aryl methyl sites for hydroxylation is 2. The van der Waals surface area contributed by atoms with Gasteiger partial charge in [0.15, 0.2) is 0 Å². The summed E-state index contributed by atoms with van der Waals surface area (Å²) in [6, 6.07) is 12.8. The average Bonchev–Trinajstić information content (AvgIpc) is 2.40. The number of carbonyl (C=O) groups excluding carboxylic acids is 1. The van der Waals surface area contributed by atoms with Crippen molar-refractivity contribution in [1.29, 1.82) is 0 Å². The Bertz CT molecular complexity index is 626. The Labute approximate surface area is 123 Å². The molecule has 2 aromatic carbocycles. The molecule has 3 nitrogen and oxygen atoms in total. The molecule has 0 fully saturated rings. The van der Waals surface area contributed by atoms with Crippen LogP contribution in [0.4, 0.5) is 5.69 Å². The van der Waals surface area contributed by atoms with E-state index in [0.29, 0.717) is 11.4 Å². The van der Waals surface area contributed by atoms with Gasteiger partial charge in [0.2, 0.25) is 5.91 Å². The predicted molar refractivity (Wildman–Crippen MR) is 83.4 cm³/mol. The molecule has 0 aromatic heterocycles. The average molecular weight is 287 g/mol. The van der Waals surface area contributed by atoms with E-state index >= 15 is 0 Å². The summed E-state index contributed by atoms with van der Waals surface area (Å²) in [6.45, 7) is 4.07. The number of phenolic OH excluding ortho intramolecular Hbond substituents is 1. The molecule has 0 aliphatic rings. The maximum Gasteiger partial charge on any atom is 0.234 e. The summed E-state index contributed by atoms with van der Waals surface area (Å²) in [6.07, 6.45) is 0. The number of phenols is 1. The van der Waals surface area contributed by atoms with Crippen molar-refractivity contribution in [2.24, 2.45) is 0 Å².